The van der Waals surface area contributed by atoms with E-state index in [1.165, 1.54) is 5.56 Å². The van der Waals surface area contributed by atoms with Gasteiger partial charge < -0.3 is 0 Å². The van der Waals surface area contributed by atoms with Crippen LogP contribution in [0.3, 0.4) is 0 Å². The fraction of sp³-hybridized carbons (Fsp3) is 0.263. The van der Waals surface area contributed by atoms with E-state index in [1.807, 2.05) is 36.4 Å². The summed E-state index contributed by atoms with van der Waals surface area (Å²) < 4.78 is 28.6. The molecule has 2 aliphatic carbocycles. The highest BCUT2D eigenvalue weighted by Gasteiger charge is 2.30. The first-order chi connectivity index (χ1) is 11.5. The van der Waals surface area contributed by atoms with Crippen LogP contribution in [0.15, 0.2) is 47.4 Å². The average molecular weight is 360 g/mol. The molecule has 2 aromatic rings. The topological polar surface area (TPSA) is 46.2 Å². The van der Waals surface area contributed by atoms with Gasteiger partial charge >= 0.3 is 0 Å². The van der Waals surface area contributed by atoms with Crippen LogP contribution in [0.1, 0.15) is 41.1 Å². The second-order valence-corrected chi connectivity index (χ2v) is 8.50. The first-order valence-corrected chi connectivity index (χ1v) is 9.99. The van der Waals surface area contributed by atoms with Gasteiger partial charge in [-0.05, 0) is 60.1 Å². The third kappa shape index (κ3) is 2.79. The zero-order valence-electron chi connectivity index (χ0n) is 13.1. The minimum absolute atomic E-state index is 0.193. The summed E-state index contributed by atoms with van der Waals surface area (Å²) in [4.78, 5) is 0.469. The number of allylic oxidation sites excluding steroid dienone is 1. The number of sulfonamides is 1. The molecule has 1 N–H and O–H groups in total. The van der Waals surface area contributed by atoms with Crippen molar-refractivity contribution < 1.29 is 8.42 Å². The van der Waals surface area contributed by atoms with E-state index in [-0.39, 0.29) is 6.04 Å². The summed E-state index contributed by atoms with van der Waals surface area (Å²) in [6, 6.07) is 13.5. The highest BCUT2D eigenvalue weighted by Crippen LogP contribution is 2.37. The molecule has 24 heavy (non-hydrogen) atoms. The van der Waals surface area contributed by atoms with Crippen molar-refractivity contribution in [3.05, 3.63) is 74.6 Å². The van der Waals surface area contributed by atoms with Crippen molar-refractivity contribution in [2.45, 2.75) is 31.7 Å². The molecule has 0 aliphatic heterocycles. The van der Waals surface area contributed by atoms with E-state index in [1.54, 1.807) is 6.08 Å². The van der Waals surface area contributed by atoms with E-state index >= 15 is 0 Å². The van der Waals surface area contributed by atoms with Gasteiger partial charge in [0.2, 0.25) is 10.0 Å². The predicted molar refractivity (Wildman–Crippen MR) is 97.3 cm³/mol. The van der Waals surface area contributed by atoms with Crippen LogP contribution < -0.4 is 4.72 Å². The quantitative estimate of drug-likeness (QED) is 0.891. The van der Waals surface area contributed by atoms with Gasteiger partial charge in [-0.2, -0.15) is 0 Å². The van der Waals surface area contributed by atoms with Gasteiger partial charge in [-0.1, -0.05) is 48.0 Å². The van der Waals surface area contributed by atoms with Gasteiger partial charge in [0.1, 0.15) is 0 Å². The molecule has 124 valence electrons. The Kier molecular flexibility index (Phi) is 3.99. The summed E-state index contributed by atoms with van der Waals surface area (Å²) in [5, 5.41) is 0.722. The summed E-state index contributed by atoms with van der Waals surface area (Å²) >= 11 is 6.22. The zero-order valence-corrected chi connectivity index (χ0v) is 14.7. The van der Waals surface area contributed by atoms with Gasteiger partial charge in [0.25, 0.3) is 0 Å². The summed E-state index contributed by atoms with van der Waals surface area (Å²) in [5.74, 6) is 0. The first kappa shape index (κ1) is 15.9. The van der Waals surface area contributed by atoms with Crippen LogP contribution in [0.25, 0.3) is 6.08 Å². The van der Waals surface area contributed by atoms with E-state index in [0.29, 0.717) is 11.3 Å². The van der Waals surface area contributed by atoms with Crippen molar-refractivity contribution in [2.75, 3.05) is 0 Å². The van der Waals surface area contributed by atoms with Gasteiger partial charge in [-0.25, -0.2) is 13.1 Å². The van der Waals surface area contributed by atoms with Gasteiger partial charge in [-0.3, -0.25) is 0 Å². The molecule has 5 heteroatoms. The van der Waals surface area contributed by atoms with Crippen molar-refractivity contribution in [2.24, 2.45) is 0 Å². The third-order valence-corrected chi connectivity index (χ3v) is 6.83. The molecule has 0 saturated heterocycles. The van der Waals surface area contributed by atoms with E-state index in [4.69, 9.17) is 11.6 Å². The molecule has 0 saturated carbocycles. The summed E-state index contributed by atoms with van der Waals surface area (Å²) in [6.07, 6.45) is 4.67. The van der Waals surface area contributed by atoms with Crippen LogP contribution in [0.4, 0.5) is 0 Å². The van der Waals surface area contributed by atoms with Crippen LogP contribution in [0, 0.1) is 0 Å². The van der Waals surface area contributed by atoms with Gasteiger partial charge in [0, 0.05) is 11.1 Å². The Morgan fingerprint density at radius 1 is 1.00 bits per heavy atom. The minimum atomic E-state index is -3.50. The molecule has 0 heterocycles. The Balaban J connectivity index is 1.62. The Hall–Kier alpha value is -1.62. The highest BCUT2D eigenvalue weighted by molar-refractivity contribution is 7.93. The van der Waals surface area contributed by atoms with Crippen molar-refractivity contribution in [1.29, 1.82) is 0 Å². The Morgan fingerprint density at radius 2 is 1.83 bits per heavy atom. The van der Waals surface area contributed by atoms with Crippen molar-refractivity contribution >= 4 is 27.7 Å². The molecule has 3 nitrogen and oxygen atoms in total. The minimum Gasteiger partial charge on any atom is -0.207 e. The lowest BCUT2D eigenvalue weighted by molar-refractivity contribution is 0.559. The lowest BCUT2D eigenvalue weighted by atomic mass is 9.98. The molecule has 0 aromatic heterocycles. The van der Waals surface area contributed by atoms with Crippen molar-refractivity contribution in [3.8, 4) is 0 Å². The number of aryl methyl sites for hydroxylation is 1. The van der Waals surface area contributed by atoms with E-state index < -0.39 is 10.0 Å². The standard InChI is InChI=1S/C19H18ClNO2S/c20-18-7-3-6-17-16(18)10-11-19(17)21-24(22,23)15-9-8-13-4-1-2-5-14(13)12-15/h1-7,12,19,21H,8-11H2/t19-/m1/s1. The van der Waals surface area contributed by atoms with Crippen LogP contribution in [-0.4, -0.2) is 8.42 Å². The monoisotopic (exact) mass is 359 g/mol. The van der Waals surface area contributed by atoms with Crippen LogP contribution in [-0.2, 0) is 22.9 Å². The SMILES string of the molecule is O=S(=O)(N[C@@H]1CCc2c(Cl)cccc21)C1=Cc2ccccc2CC1. The number of hydrogen-bond donors (Lipinski definition) is 1. The number of fused-ring (bicyclic) bond motifs is 2. The maximum Gasteiger partial charge on any atom is 0.237 e. The van der Waals surface area contributed by atoms with Crippen molar-refractivity contribution in [1.82, 2.24) is 4.72 Å². The number of halogens is 1. The highest BCUT2D eigenvalue weighted by atomic mass is 35.5. The molecule has 0 unspecified atom stereocenters. The summed E-state index contributed by atoms with van der Waals surface area (Å²) in [7, 11) is -3.50. The molecule has 1 atom stereocenters. The van der Waals surface area contributed by atoms with Crippen LogP contribution in [0.2, 0.25) is 5.02 Å². The third-order valence-electron chi connectivity index (χ3n) is 4.87. The Bertz CT molecular complexity index is 934. The van der Waals surface area contributed by atoms with Gasteiger partial charge in [-0.15, -0.1) is 0 Å². The molecular weight excluding hydrogens is 342 g/mol. The molecule has 0 bridgehead atoms. The summed E-state index contributed by atoms with van der Waals surface area (Å²) in [6.45, 7) is 0. The lowest BCUT2D eigenvalue weighted by Gasteiger charge is -2.20. The second kappa shape index (κ2) is 6.03. The number of benzene rings is 2. The molecule has 2 aliphatic rings. The van der Waals surface area contributed by atoms with Crippen molar-refractivity contribution in [3.63, 3.8) is 0 Å². The van der Waals surface area contributed by atoms with Gasteiger partial charge in [0.05, 0.1) is 4.91 Å². The van der Waals surface area contributed by atoms with E-state index in [9.17, 15) is 8.42 Å². The molecule has 0 fully saturated rings. The zero-order chi connectivity index (χ0) is 16.7. The fourth-order valence-corrected chi connectivity index (χ4v) is 5.31. The normalized spacial score (nSPS) is 19.5. The molecule has 0 spiro atoms. The first-order valence-electron chi connectivity index (χ1n) is 8.13. The maximum absolute atomic E-state index is 12.8. The molecule has 0 amide bonds. The largest absolute Gasteiger partial charge is 0.237 e. The maximum atomic E-state index is 12.8. The van der Waals surface area contributed by atoms with Gasteiger partial charge in [0.15, 0.2) is 0 Å². The smallest absolute Gasteiger partial charge is 0.207 e. The number of rotatable bonds is 3. The predicted octanol–water partition coefficient (Wildman–Crippen LogP) is 4.23. The van der Waals surface area contributed by atoms with E-state index in [0.717, 1.165) is 41.0 Å². The second-order valence-electron chi connectivity index (χ2n) is 6.33. The Morgan fingerprint density at radius 3 is 2.71 bits per heavy atom. The average Bonchev–Trinajstić information content (AvgIpc) is 2.98. The van der Waals surface area contributed by atoms with Crippen LogP contribution >= 0.6 is 11.6 Å². The van der Waals surface area contributed by atoms with E-state index in [2.05, 4.69) is 10.8 Å². The molecule has 2 aromatic carbocycles. The van der Waals surface area contributed by atoms with Crippen LogP contribution in [0.5, 0.6) is 0 Å². The molecular formula is C19H18ClNO2S. The number of nitrogens with one attached hydrogen (secondary N) is 1. The number of hydrogen-bond acceptors (Lipinski definition) is 2. The lowest BCUT2D eigenvalue weighted by Crippen LogP contribution is -2.29. The fourth-order valence-electron chi connectivity index (χ4n) is 3.61. The summed E-state index contributed by atoms with van der Waals surface area (Å²) in [5.41, 5.74) is 4.27. The Labute approximate surface area is 147 Å². The molecule has 0 radical (unpaired) electrons. The molecule has 4 rings (SSSR count).